The van der Waals surface area contributed by atoms with Crippen molar-refractivity contribution in [2.45, 2.75) is 10.8 Å². The molecule has 1 aromatic carbocycles. The largest absolute Gasteiger partial charge is 0.404 e. The smallest absolute Gasteiger partial charge is 0.142 e. The maximum absolute atomic E-state index is 7.99. The van der Waals surface area contributed by atoms with Crippen molar-refractivity contribution in [3.63, 3.8) is 0 Å². The lowest BCUT2D eigenvalue weighted by Gasteiger charge is -2.09. The van der Waals surface area contributed by atoms with Crippen LogP contribution in [0.4, 0.5) is 0 Å². The predicted molar refractivity (Wildman–Crippen MR) is 96.6 cm³/mol. The summed E-state index contributed by atoms with van der Waals surface area (Å²) in [6.07, 6.45) is 4.27. The second kappa shape index (κ2) is 7.10. The number of nitrogens with one attached hydrogen (secondary N) is 2. The van der Waals surface area contributed by atoms with E-state index in [1.165, 1.54) is 6.20 Å². The maximum atomic E-state index is 7.99. The first-order valence-corrected chi connectivity index (χ1v) is 8.23. The molecule has 0 saturated carbocycles. The van der Waals surface area contributed by atoms with Gasteiger partial charge in [-0.15, -0.1) is 11.8 Å². The highest BCUT2D eigenvalue weighted by Gasteiger charge is 2.04. The Bertz CT molecular complexity index is 976. The number of fused-ring (bicyclic) bond motifs is 1. The first kappa shape index (κ1) is 15.9. The Morgan fingerprint density at radius 3 is 2.92 bits per heavy atom. The molecule has 2 aromatic heterocycles. The van der Waals surface area contributed by atoms with Gasteiger partial charge in [0, 0.05) is 34.5 Å². The van der Waals surface area contributed by atoms with E-state index in [1.807, 2.05) is 24.3 Å². The number of nitrogens with two attached hydrogens (primary N) is 1. The molecule has 4 N–H and O–H groups in total. The van der Waals surface area contributed by atoms with Gasteiger partial charge >= 0.3 is 0 Å². The van der Waals surface area contributed by atoms with E-state index in [-0.39, 0.29) is 0 Å². The Kier molecular flexibility index (Phi) is 4.72. The fourth-order valence-corrected chi connectivity index (χ4v) is 3.04. The first-order chi connectivity index (χ1) is 11.7. The summed E-state index contributed by atoms with van der Waals surface area (Å²) in [7, 11) is 0. The number of hydrogen-bond acceptors (Lipinski definition) is 6. The van der Waals surface area contributed by atoms with Gasteiger partial charge in [-0.3, -0.25) is 10.4 Å². The number of nitrogens with zero attached hydrogens (tertiary/aromatic N) is 3. The van der Waals surface area contributed by atoms with Gasteiger partial charge in [0.05, 0.1) is 17.1 Å². The normalized spacial score (nSPS) is 11.6. The van der Waals surface area contributed by atoms with Crippen LogP contribution < -0.4 is 11.2 Å². The molecule has 24 heavy (non-hydrogen) atoms. The van der Waals surface area contributed by atoms with E-state index in [0.717, 1.165) is 22.0 Å². The number of pyridine rings is 1. The van der Waals surface area contributed by atoms with Crippen LogP contribution in [-0.2, 0) is 5.88 Å². The zero-order valence-corrected chi connectivity index (χ0v) is 13.6. The highest BCUT2D eigenvalue weighted by atomic mass is 32.2. The minimum absolute atomic E-state index is 0.301. The summed E-state index contributed by atoms with van der Waals surface area (Å²) in [5.41, 5.74) is 7.85. The summed E-state index contributed by atoms with van der Waals surface area (Å²) >= 11 is 1.58. The lowest BCUT2D eigenvalue weighted by atomic mass is 10.2. The molecule has 0 spiro atoms. The van der Waals surface area contributed by atoms with Crippen molar-refractivity contribution in [2.24, 2.45) is 5.73 Å². The van der Waals surface area contributed by atoms with Crippen molar-refractivity contribution < 1.29 is 0 Å². The third kappa shape index (κ3) is 3.36. The molecule has 0 fully saturated rings. The Morgan fingerprint density at radius 2 is 2.12 bits per heavy atom. The van der Waals surface area contributed by atoms with Crippen LogP contribution in [0.1, 0.15) is 5.69 Å². The van der Waals surface area contributed by atoms with E-state index in [2.05, 4.69) is 16.1 Å². The van der Waals surface area contributed by atoms with Crippen molar-refractivity contribution in [3.05, 3.63) is 66.0 Å². The number of benzene rings is 1. The molecule has 0 aliphatic rings. The lowest BCUT2D eigenvalue weighted by molar-refractivity contribution is 0.664. The van der Waals surface area contributed by atoms with Crippen LogP contribution in [0.25, 0.3) is 16.5 Å². The zero-order chi connectivity index (χ0) is 16.9. The number of hydrogen-bond donors (Lipinski definition) is 3. The van der Waals surface area contributed by atoms with Crippen LogP contribution >= 0.6 is 11.8 Å². The average Bonchev–Trinajstić information content (AvgIpc) is 2.62. The Morgan fingerprint density at radius 1 is 1.25 bits per heavy atom. The molecule has 0 atom stereocenters. The van der Waals surface area contributed by atoms with Crippen LogP contribution in [0.5, 0.6) is 0 Å². The SMILES string of the molecule is N=CC(=CN)c1ccc(=N)n(CSc2ccc3ncccc3c2)n1. The van der Waals surface area contributed by atoms with Crippen molar-refractivity contribution in [1.29, 1.82) is 10.8 Å². The number of aromatic nitrogens is 3. The molecule has 7 heteroatoms. The Labute approximate surface area is 143 Å². The van der Waals surface area contributed by atoms with Gasteiger partial charge in [-0.05, 0) is 36.4 Å². The third-order valence-corrected chi connectivity index (χ3v) is 4.43. The molecule has 0 aliphatic carbocycles. The van der Waals surface area contributed by atoms with E-state index >= 15 is 0 Å². The molecule has 3 aromatic rings. The van der Waals surface area contributed by atoms with Crippen LogP contribution in [0, 0.1) is 10.8 Å². The molecule has 2 heterocycles. The molecule has 0 radical (unpaired) electrons. The Hall–Kier alpha value is -2.93. The molecular weight excluding hydrogens is 320 g/mol. The van der Waals surface area contributed by atoms with Crippen LogP contribution in [0.3, 0.4) is 0 Å². The molecule has 120 valence electrons. The summed E-state index contributed by atoms with van der Waals surface area (Å²) in [6, 6.07) is 13.3. The highest BCUT2D eigenvalue weighted by molar-refractivity contribution is 7.98. The van der Waals surface area contributed by atoms with Crippen LogP contribution in [0.2, 0.25) is 0 Å². The number of allylic oxidation sites excluding steroid dienone is 1. The molecule has 3 rings (SSSR count). The first-order valence-electron chi connectivity index (χ1n) is 7.24. The Balaban J connectivity index is 1.83. The molecule has 0 unspecified atom stereocenters. The van der Waals surface area contributed by atoms with Crippen molar-refractivity contribution >= 4 is 34.5 Å². The fourth-order valence-electron chi connectivity index (χ4n) is 2.20. The summed E-state index contributed by atoms with van der Waals surface area (Å²) < 4.78 is 1.58. The molecule has 6 nitrogen and oxygen atoms in total. The molecular formula is C17H16N6S. The van der Waals surface area contributed by atoms with E-state index in [4.69, 9.17) is 16.6 Å². The summed E-state index contributed by atoms with van der Waals surface area (Å²) in [6.45, 7) is 0. The monoisotopic (exact) mass is 336 g/mol. The van der Waals surface area contributed by atoms with Gasteiger partial charge in [0.25, 0.3) is 0 Å². The minimum Gasteiger partial charge on any atom is -0.404 e. The molecule has 0 bridgehead atoms. The summed E-state index contributed by atoms with van der Waals surface area (Å²) in [4.78, 5) is 5.39. The van der Waals surface area contributed by atoms with E-state index in [9.17, 15) is 0 Å². The topological polar surface area (TPSA) is 104 Å². The minimum atomic E-state index is 0.301. The van der Waals surface area contributed by atoms with Crippen molar-refractivity contribution in [2.75, 3.05) is 0 Å². The van der Waals surface area contributed by atoms with Gasteiger partial charge in [0.15, 0.2) is 0 Å². The average molecular weight is 336 g/mol. The van der Waals surface area contributed by atoms with Crippen molar-refractivity contribution in [1.82, 2.24) is 14.8 Å². The van der Waals surface area contributed by atoms with Gasteiger partial charge in [0.1, 0.15) is 5.49 Å². The van der Waals surface area contributed by atoms with E-state index < -0.39 is 0 Å². The van der Waals surface area contributed by atoms with Crippen LogP contribution in [-0.4, -0.2) is 21.0 Å². The number of thioether (sulfide) groups is 1. The lowest BCUT2D eigenvalue weighted by Crippen LogP contribution is -2.22. The third-order valence-electron chi connectivity index (χ3n) is 3.46. The van der Waals surface area contributed by atoms with Gasteiger partial charge in [-0.1, -0.05) is 6.07 Å². The standard InChI is InChI=1S/C17H16N6S/c18-9-13(10-19)16-5-6-17(20)23(22-16)11-24-14-3-4-15-12(8-14)2-1-7-21-15/h1-10,18,20H,11,19H2. The number of rotatable bonds is 5. The quantitative estimate of drug-likeness (QED) is 0.492. The molecule has 0 amide bonds. The van der Waals surface area contributed by atoms with Gasteiger partial charge in [0.2, 0.25) is 0 Å². The van der Waals surface area contributed by atoms with Crippen LogP contribution in [0.15, 0.2) is 59.8 Å². The van der Waals surface area contributed by atoms with Gasteiger partial charge < -0.3 is 11.1 Å². The molecule has 0 aliphatic heterocycles. The predicted octanol–water partition coefficient (Wildman–Crippen LogP) is 2.61. The fraction of sp³-hybridized carbons (Fsp3) is 0.0588. The van der Waals surface area contributed by atoms with Crippen molar-refractivity contribution in [3.8, 4) is 0 Å². The van der Waals surface area contributed by atoms with E-state index in [1.54, 1.807) is 34.8 Å². The zero-order valence-electron chi connectivity index (χ0n) is 12.8. The summed E-state index contributed by atoms with van der Waals surface area (Å²) in [5.74, 6) is 0.494. The second-order valence-electron chi connectivity index (χ2n) is 5.00. The molecule has 0 saturated heterocycles. The van der Waals surface area contributed by atoms with Gasteiger partial charge in [-0.2, -0.15) is 5.10 Å². The second-order valence-corrected chi connectivity index (χ2v) is 6.02. The van der Waals surface area contributed by atoms with E-state index in [0.29, 0.717) is 22.6 Å². The maximum Gasteiger partial charge on any atom is 0.142 e. The van der Waals surface area contributed by atoms with Gasteiger partial charge in [-0.25, -0.2) is 4.68 Å². The highest BCUT2D eigenvalue weighted by Crippen LogP contribution is 2.23. The summed E-state index contributed by atoms with van der Waals surface area (Å²) in [5, 5.41) is 20.8.